The first kappa shape index (κ1) is 17.0. The molecule has 1 amide bonds. The maximum absolute atomic E-state index is 12.4. The van der Waals surface area contributed by atoms with Gasteiger partial charge in [-0.3, -0.25) is 14.2 Å². The van der Waals surface area contributed by atoms with Crippen LogP contribution in [-0.2, 0) is 11.8 Å². The van der Waals surface area contributed by atoms with Crippen molar-refractivity contribution < 1.29 is 4.79 Å². The highest BCUT2D eigenvalue weighted by atomic mass is 32.2. The first-order chi connectivity index (χ1) is 11.6. The maximum Gasteiger partial charge on any atom is 0.261 e. The SMILES string of the molecule is CC(Sc1nc2ccccc2c(=O)n1C)C(=O)NC1CCCCC1. The van der Waals surface area contributed by atoms with Crippen molar-refractivity contribution in [2.24, 2.45) is 7.05 Å². The van der Waals surface area contributed by atoms with E-state index in [2.05, 4.69) is 10.3 Å². The Kier molecular flexibility index (Phi) is 5.23. The summed E-state index contributed by atoms with van der Waals surface area (Å²) < 4.78 is 1.53. The number of hydrogen-bond donors (Lipinski definition) is 1. The maximum atomic E-state index is 12.4. The number of para-hydroxylation sites is 1. The topological polar surface area (TPSA) is 64.0 Å². The molecule has 1 aliphatic rings. The first-order valence-electron chi connectivity index (χ1n) is 8.49. The van der Waals surface area contributed by atoms with Crippen LogP contribution in [0.1, 0.15) is 39.0 Å². The molecule has 0 spiro atoms. The van der Waals surface area contributed by atoms with Crippen molar-refractivity contribution in [1.82, 2.24) is 14.9 Å². The Morgan fingerprint density at radius 2 is 2.00 bits per heavy atom. The van der Waals surface area contributed by atoms with Crippen molar-refractivity contribution in [1.29, 1.82) is 0 Å². The van der Waals surface area contributed by atoms with E-state index in [9.17, 15) is 9.59 Å². The van der Waals surface area contributed by atoms with Gasteiger partial charge >= 0.3 is 0 Å². The fraction of sp³-hybridized carbons (Fsp3) is 0.500. The van der Waals surface area contributed by atoms with E-state index in [1.807, 2.05) is 25.1 Å². The number of carbonyl (C=O) groups is 1. The molecule has 6 heteroatoms. The van der Waals surface area contributed by atoms with Gasteiger partial charge in [0, 0.05) is 13.1 Å². The third-order valence-corrected chi connectivity index (χ3v) is 5.69. The van der Waals surface area contributed by atoms with Crippen molar-refractivity contribution in [3.8, 4) is 0 Å². The zero-order chi connectivity index (χ0) is 17.1. The molecule has 128 valence electrons. The van der Waals surface area contributed by atoms with Gasteiger partial charge in [-0.25, -0.2) is 4.98 Å². The van der Waals surface area contributed by atoms with Gasteiger partial charge in [-0.05, 0) is 31.9 Å². The molecular weight excluding hydrogens is 322 g/mol. The minimum Gasteiger partial charge on any atom is -0.352 e. The third kappa shape index (κ3) is 3.64. The zero-order valence-electron chi connectivity index (χ0n) is 14.1. The Hall–Kier alpha value is -1.82. The second-order valence-corrected chi connectivity index (χ2v) is 7.69. The molecule has 1 unspecified atom stereocenters. The Morgan fingerprint density at radius 1 is 1.29 bits per heavy atom. The molecule has 0 bridgehead atoms. The molecule has 1 aromatic heterocycles. The van der Waals surface area contributed by atoms with Crippen molar-refractivity contribution >= 4 is 28.6 Å². The van der Waals surface area contributed by atoms with Gasteiger partial charge < -0.3 is 5.32 Å². The largest absolute Gasteiger partial charge is 0.352 e. The van der Waals surface area contributed by atoms with Crippen LogP contribution < -0.4 is 10.9 Å². The molecule has 3 rings (SSSR count). The van der Waals surface area contributed by atoms with Crippen molar-refractivity contribution in [2.45, 2.75) is 55.5 Å². The average Bonchev–Trinajstić information content (AvgIpc) is 2.60. The first-order valence-corrected chi connectivity index (χ1v) is 9.37. The van der Waals surface area contributed by atoms with E-state index in [-0.39, 0.29) is 16.7 Å². The van der Waals surface area contributed by atoms with Crippen LogP contribution in [0.25, 0.3) is 10.9 Å². The standard InChI is InChI=1S/C18H23N3O2S/c1-12(16(22)19-13-8-4-3-5-9-13)24-18-20-15-11-7-6-10-14(15)17(23)21(18)2/h6-7,10-13H,3-5,8-9H2,1-2H3,(H,19,22). The summed E-state index contributed by atoms with van der Waals surface area (Å²) in [6.07, 6.45) is 5.77. The van der Waals surface area contributed by atoms with Crippen molar-refractivity contribution in [2.75, 3.05) is 0 Å². The Bertz CT molecular complexity index is 796. The van der Waals surface area contributed by atoms with E-state index < -0.39 is 0 Å². The van der Waals surface area contributed by atoms with Crippen LogP contribution in [-0.4, -0.2) is 26.8 Å². The molecule has 1 N–H and O–H groups in total. The van der Waals surface area contributed by atoms with Gasteiger partial charge in [0.05, 0.1) is 16.2 Å². The van der Waals surface area contributed by atoms with Gasteiger partial charge in [-0.1, -0.05) is 43.2 Å². The lowest BCUT2D eigenvalue weighted by Gasteiger charge is -2.24. The predicted octanol–water partition coefficient (Wildman–Crippen LogP) is 2.86. The molecule has 1 saturated carbocycles. The number of thioether (sulfide) groups is 1. The normalized spacial score (nSPS) is 16.9. The molecular formula is C18H23N3O2S. The third-order valence-electron chi connectivity index (χ3n) is 4.55. The second kappa shape index (κ2) is 7.38. The van der Waals surface area contributed by atoms with E-state index in [1.54, 1.807) is 13.1 Å². The molecule has 1 atom stereocenters. The van der Waals surface area contributed by atoms with Gasteiger partial charge in [-0.15, -0.1) is 0 Å². The molecule has 1 heterocycles. The summed E-state index contributed by atoms with van der Waals surface area (Å²) in [4.78, 5) is 29.4. The number of hydrogen-bond acceptors (Lipinski definition) is 4. The van der Waals surface area contributed by atoms with Gasteiger partial charge in [0.25, 0.3) is 5.56 Å². The number of fused-ring (bicyclic) bond motifs is 1. The number of nitrogens with zero attached hydrogens (tertiary/aromatic N) is 2. The van der Waals surface area contributed by atoms with Crippen molar-refractivity contribution in [3.05, 3.63) is 34.6 Å². The monoisotopic (exact) mass is 345 g/mol. The predicted molar refractivity (Wildman–Crippen MR) is 97.3 cm³/mol. The van der Waals surface area contributed by atoms with E-state index >= 15 is 0 Å². The average molecular weight is 345 g/mol. The summed E-state index contributed by atoms with van der Waals surface area (Å²) in [6, 6.07) is 7.59. The summed E-state index contributed by atoms with van der Waals surface area (Å²) in [5, 5.41) is 4.02. The van der Waals surface area contributed by atoms with Crippen LogP contribution >= 0.6 is 11.8 Å². The van der Waals surface area contributed by atoms with Crippen LogP contribution in [0, 0.1) is 0 Å². The lowest BCUT2D eigenvalue weighted by Crippen LogP contribution is -2.40. The van der Waals surface area contributed by atoms with Gasteiger partial charge in [0.1, 0.15) is 0 Å². The summed E-state index contributed by atoms with van der Waals surface area (Å²) >= 11 is 1.34. The highest BCUT2D eigenvalue weighted by Crippen LogP contribution is 2.23. The van der Waals surface area contributed by atoms with Gasteiger partial charge in [0.2, 0.25) is 5.91 Å². The molecule has 2 aromatic rings. The Morgan fingerprint density at radius 3 is 2.75 bits per heavy atom. The molecule has 1 aliphatic carbocycles. The van der Waals surface area contributed by atoms with Crippen molar-refractivity contribution in [3.63, 3.8) is 0 Å². The number of amides is 1. The molecule has 5 nitrogen and oxygen atoms in total. The molecule has 24 heavy (non-hydrogen) atoms. The van der Waals surface area contributed by atoms with Crippen LogP contribution in [0.4, 0.5) is 0 Å². The fourth-order valence-corrected chi connectivity index (χ4v) is 3.96. The number of aromatic nitrogens is 2. The van der Waals surface area contributed by atoms with Crippen LogP contribution in [0.5, 0.6) is 0 Å². The number of benzene rings is 1. The zero-order valence-corrected chi connectivity index (χ0v) is 14.9. The minimum absolute atomic E-state index is 0.0225. The van der Waals surface area contributed by atoms with Crippen LogP contribution in [0.2, 0.25) is 0 Å². The molecule has 0 aliphatic heterocycles. The lowest BCUT2D eigenvalue weighted by molar-refractivity contribution is -0.121. The number of rotatable bonds is 4. The summed E-state index contributed by atoms with van der Waals surface area (Å²) in [5.74, 6) is 0.0225. The minimum atomic E-state index is -0.286. The van der Waals surface area contributed by atoms with E-state index in [4.69, 9.17) is 0 Å². The van der Waals surface area contributed by atoms with Crippen LogP contribution in [0.3, 0.4) is 0 Å². The lowest BCUT2D eigenvalue weighted by atomic mass is 9.95. The highest BCUT2D eigenvalue weighted by molar-refractivity contribution is 8.00. The molecule has 0 saturated heterocycles. The van der Waals surface area contributed by atoms with E-state index in [1.165, 1.54) is 35.6 Å². The molecule has 0 radical (unpaired) electrons. The van der Waals surface area contributed by atoms with Crippen LogP contribution in [0.15, 0.2) is 34.2 Å². The Labute approximate surface area is 145 Å². The Balaban J connectivity index is 1.75. The summed E-state index contributed by atoms with van der Waals surface area (Å²) in [5.41, 5.74) is 0.589. The summed E-state index contributed by atoms with van der Waals surface area (Å²) in [7, 11) is 1.70. The quantitative estimate of drug-likeness (QED) is 0.684. The summed E-state index contributed by atoms with van der Waals surface area (Å²) in [6.45, 7) is 1.87. The van der Waals surface area contributed by atoms with Gasteiger partial charge in [0.15, 0.2) is 5.16 Å². The van der Waals surface area contributed by atoms with E-state index in [0.717, 1.165) is 12.8 Å². The van der Waals surface area contributed by atoms with E-state index in [0.29, 0.717) is 22.1 Å². The van der Waals surface area contributed by atoms with Gasteiger partial charge in [-0.2, -0.15) is 0 Å². The smallest absolute Gasteiger partial charge is 0.261 e. The number of carbonyl (C=O) groups excluding carboxylic acids is 1. The highest BCUT2D eigenvalue weighted by Gasteiger charge is 2.22. The molecule has 1 aromatic carbocycles. The number of nitrogens with one attached hydrogen (secondary N) is 1. The fourth-order valence-electron chi connectivity index (χ4n) is 3.08. The second-order valence-electron chi connectivity index (χ2n) is 6.38. The molecule has 1 fully saturated rings.